The summed E-state index contributed by atoms with van der Waals surface area (Å²) in [5, 5.41) is 7.18. The van der Waals surface area contributed by atoms with E-state index in [0.29, 0.717) is 17.3 Å². The molecule has 0 aliphatic carbocycles. The van der Waals surface area contributed by atoms with Crippen LogP contribution in [0.4, 0.5) is 16.2 Å². The highest BCUT2D eigenvalue weighted by Gasteiger charge is 2.20. The number of piperidine rings is 1. The van der Waals surface area contributed by atoms with Crippen molar-refractivity contribution in [1.29, 1.82) is 0 Å². The van der Waals surface area contributed by atoms with Gasteiger partial charge in [0.15, 0.2) is 5.82 Å². The third kappa shape index (κ3) is 5.98. The van der Waals surface area contributed by atoms with Gasteiger partial charge in [-0.15, -0.1) is 0 Å². The summed E-state index contributed by atoms with van der Waals surface area (Å²) in [6.07, 6.45) is 4.43. The lowest BCUT2D eigenvalue weighted by Gasteiger charge is -2.28. The van der Waals surface area contributed by atoms with Crippen molar-refractivity contribution in [2.24, 2.45) is 0 Å². The van der Waals surface area contributed by atoms with Gasteiger partial charge in [0.05, 0.1) is 12.8 Å². The van der Waals surface area contributed by atoms with Crippen LogP contribution in [0.25, 0.3) is 17.1 Å². The summed E-state index contributed by atoms with van der Waals surface area (Å²) in [7, 11) is 1.58. The molecular weight excluding hydrogens is 446 g/mol. The number of amides is 1. The highest BCUT2D eigenvalue weighted by molar-refractivity contribution is 5.85. The Kier molecular flexibility index (Phi) is 7.04. The number of aromatic nitrogens is 3. The summed E-state index contributed by atoms with van der Waals surface area (Å²) in [4.78, 5) is 32.6. The Bertz CT molecular complexity index is 1260. The number of carbonyl (C=O) groups is 1. The van der Waals surface area contributed by atoms with Gasteiger partial charge in [-0.3, -0.25) is 10.1 Å². The quantitative estimate of drug-likeness (QED) is 0.571. The summed E-state index contributed by atoms with van der Waals surface area (Å²) >= 11 is 0. The zero-order valence-corrected chi connectivity index (χ0v) is 20.6. The Morgan fingerprint density at radius 3 is 2.54 bits per heavy atom. The van der Waals surface area contributed by atoms with Crippen LogP contribution in [0.1, 0.15) is 40.0 Å². The molecule has 1 fully saturated rings. The number of ether oxygens (including phenoxy) is 2. The number of nitrogens with one attached hydrogen (secondary N) is 1. The van der Waals surface area contributed by atoms with E-state index >= 15 is 0 Å². The molecule has 9 heteroatoms. The third-order valence-corrected chi connectivity index (χ3v) is 5.58. The smallest absolute Gasteiger partial charge is 0.412 e. The monoisotopic (exact) mass is 477 g/mol. The van der Waals surface area contributed by atoms with E-state index in [2.05, 4.69) is 20.3 Å². The number of pyridine rings is 1. The second kappa shape index (κ2) is 10.2. The van der Waals surface area contributed by atoms with Crippen LogP contribution in [0.5, 0.6) is 5.75 Å². The minimum absolute atomic E-state index is 0.0391. The Balaban J connectivity index is 1.80. The van der Waals surface area contributed by atoms with Gasteiger partial charge in [-0.2, -0.15) is 9.78 Å². The molecule has 0 unspecified atom stereocenters. The van der Waals surface area contributed by atoms with Crippen LogP contribution in [0.2, 0.25) is 0 Å². The number of hydrogen-bond acceptors (Lipinski definition) is 7. The first-order valence-electron chi connectivity index (χ1n) is 11.7. The molecule has 2 aromatic heterocycles. The Morgan fingerprint density at radius 2 is 1.83 bits per heavy atom. The maximum absolute atomic E-state index is 13.4. The van der Waals surface area contributed by atoms with Crippen LogP contribution >= 0.6 is 0 Å². The summed E-state index contributed by atoms with van der Waals surface area (Å²) in [5.41, 5.74) is 0.993. The second-order valence-electron chi connectivity index (χ2n) is 9.44. The van der Waals surface area contributed by atoms with Gasteiger partial charge in [0.25, 0.3) is 5.56 Å². The van der Waals surface area contributed by atoms with Crippen LogP contribution in [0.15, 0.2) is 53.5 Å². The number of carbonyl (C=O) groups excluding carboxylic acids is 1. The van der Waals surface area contributed by atoms with Crippen molar-refractivity contribution >= 4 is 17.5 Å². The van der Waals surface area contributed by atoms with E-state index in [9.17, 15) is 9.59 Å². The minimum Gasteiger partial charge on any atom is -0.497 e. The highest BCUT2D eigenvalue weighted by atomic mass is 16.6. The van der Waals surface area contributed by atoms with Crippen LogP contribution in [-0.2, 0) is 4.74 Å². The van der Waals surface area contributed by atoms with Crippen LogP contribution in [0, 0.1) is 0 Å². The van der Waals surface area contributed by atoms with Gasteiger partial charge in [-0.25, -0.2) is 9.78 Å². The van der Waals surface area contributed by atoms with Gasteiger partial charge in [-0.1, -0.05) is 12.1 Å². The van der Waals surface area contributed by atoms with Crippen molar-refractivity contribution in [1.82, 2.24) is 14.8 Å². The number of benzene rings is 1. The molecule has 4 rings (SSSR count). The first kappa shape index (κ1) is 24.3. The van der Waals surface area contributed by atoms with E-state index in [1.165, 1.54) is 17.2 Å². The molecule has 3 heterocycles. The molecule has 1 aromatic carbocycles. The van der Waals surface area contributed by atoms with Crippen molar-refractivity contribution in [2.45, 2.75) is 45.6 Å². The molecule has 1 amide bonds. The fraction of sp³-hybridized carbons (Fsp3) is 0.385. The molecule has 0 atom stereocenters. The maximum Gasteiger partial charge on any atom is 0.412 e. The molecule has 35 heavy (non-hydrogen) atoms. The first-order chi connectivity index (χ1) is 16.7. The molecule has 1 aliphatic rings. The average molecular weight is 478 g/mol. The maximum atomic E-state index is 13.4. The van der Waals surface area contributed by atoms with Crippen LogP contribution in [-0.4, -0.2) is 46.7 Å². The summed E-state index contributed by atoms with van der Waals surface area (Å²) in [5.74, 6) is 1.02. The molecule has 1 saturated heterocycles. The predicted octanol–water partition coefficient (Wildman–Crippen LogP) is 4.64. The van der Waals surface area contributed by atoms with Crippen molar-refractivity contribution in [3.63, 3.8) is 0 Å². The van der Waals surface area contributed by atoms with E-state index in [-0.39, 0.29) is 5.69 Å². The van der Waals surface area contributed by atoms with Crippen LogP contribution < -0.4 is 20.5 Å². The second-order valence-corrected chi connectivity index (χ2v) is 9.44. The Labute approximate surface area is 204 Å². The first-order valence-corrected chi connectivity index (χ1v) is 11.7. The van der Waals surface area contributed by atoms with Gasteiger partial charge in [0, 0.05) is 36.6 Å². The topological polar surface area (TPSA) is 98.6 Å². The van der Waals surface area contributed by atoms with Gasteiger partial charge >= 0.3 is 6.09 Å². The largest absolute Gasteiger partial charge is 0.497 e. The van der Waals surface area contributed by atoms with Gasteiger partial charge in [-0.05, 0) is 64.3 Å². The Morgan fingerprint density at radius 1 is 1.06 bits per heavy atom. The molecule has 0 bridgehead atoms. The fourth-order valence-corrected chi connectivity index (χ4v) is 3.95. The number of methoxy groups -OCH3 is 1. The fourth-order valence-electron chi connectivity index (χ4n) is 3.95. The molecule has 0 saturated carbocycles. The van der Waals surface area contributed by atoms with Crippen molar-refractivity contribution < 1.29 is 14.3 Å². The van der Waals surface area contributed by atoms with E-state index in [4.69, 9.17) is 9.47 Å². The molecule has 184 valence electrons. The van der Waals surface area contributed by atoms with Crippen molar-refractivity contribution in [2.75, 3.05) is 30.4 Å². The molecule has 9 nitrogen and oxygen atoms in total. The Hall–Kier alpha value is -3.88. The lowest BCUT2D eigenvalue weighted by Crippen LogP contribution is -2.32. The molecular formula is C26H31N5O4. The number of rotatable bonds is 5. The van der Waals surface area contributed by atoms with Crippen molar-refractivity contribution in [3.8, 4) is 22.8 Å². The van der Waals surface area contributed by atoms with E-state index in [0.717, 1.165) is 37.2 Å². The number of hydrogen-bond donors (Lipinski definition) is 1. The van der Waals surface area contributed by atoms with Gasteiger partial charge < -0.3 is 14.4 Å². The average Bonchev–Trinajstić information content (AvgIpc) is 2.85. The normalized spacial score (nSPS) is 13.9. The molecule has 0 spiro atoms. The lowest BCUT2D eigenvalue weighted by molar-refractivity contribution is 0.0635. The standard InChI is InChI=1S/C26H31N5O4/c1-26(2,3)35-25(33)28-22-17-21(18-9-8-10-20(15-18)34-4)29-31(24(22)32)23-16-19(11-12-27-23)30-13-6-5-7-14-30/h8-12,15-17H,5-7,13-14H2,1-4H3,(H,28,33). The summed E-state index contributed by atoms with van der Waals surface area (Å²) < 4.78 is 11.9. The predicted molar refractivity (Wildman–Crippen MR) is 136 cm³/mol. The molecule has 0 radical (unpaired) electrons. The summed E-state index contributed by atoms with van der Waals surface area (Å²) in [6.45, 7) is 7.20. The van der Waals surface area contributed by atoms with Gasteiger partial charge in [0.1, 0.15) is 17.0 Å². The van der Waals surface area contributed by atoms with Crippen LogP contribution in [0.3, 0.4) is 0 Å². The molecule has 3 aromatic rings. The van der Waals surface area contributed by atoms with E-state index in [1.807, 2.05) is 36.4 Å². The van der Waals surface area contributed by atoms with E-state index < -0.39 is 17.3 Å². The highest BCUT2D eigenvalue weighted by Crippen LogP contribution is 2.25. The van der Waals surface area contributed by atoms with E-state index in [1.54, 1.807) is 34.1 Å². The van der Waals surface area contributed by atoms with Crippen molar-refractivity contribution in [3.05, 3.63) is 59.0 Å². The van der Waals surface area contributed by atoms with Gasteiger partial charge in [0.2, 0.25) is 0 Å². The molecule has 1 N–H and O–H groups in total. The summed E-state index contributed by atoms with van der Waals surface area (Å²) in [6, 6.07) is 12.6. The third-order valence-electron chi connectivity index (χ3n) is 5.58. The zero-order chi connectivity index (χ0) is 25.0. The molecule has 1 aliphatic heterocycles. The lowest BCUT2D eigenvalue weighted by atomic mass is 10.1. The number of nitrogens with zero attached hydrogens (tertiary/aromatic N) is 4. The minimum atomic E-state index is -0.723. The SMILES string of the molecule is COc1cccc(-c2cc(NC(=O)OC(C)(C)C)c(=O)n(-c3cc(N4CCCCC4)ccn3)n2)c1. The zero-order valence-electron chi connectivity index (χ0n) is 20.6. The number of anilines is 2.